The van der Waals surface area contributed by atoms with Crippen LogP contribution in [0.25, 0.3) is 0 Å². The summed E-state index contributed by atoms with van der Waals surface area (Å²) in [5, 5.41) is 7.35. The van der Waals surface area contributed by atoms with Crippen molar-refractivity contribution in [1.29, 1.82) is 0 Å². The summed E-state index contributed by atoms with van der Waals surface area (Å²) in [6, 6.07) is 11.3. The zero-order valence-electron chi connectivity index (χ0n) is 12.2. The number of benzene rings is 2. The highest BCUT2D eigenvalue weighted by molar-refractivity contribution is 6.43. The van der Waals surface area contributed by atoms with Gasteiger partial charge in [-0.3, -0.25) is 14.4 Å². The van der Waals surface area contributed by atoms with Gasteiger partial charge in [0.25, 0.3) is 0 Å². The van der Waals surface area contributed by atoms with Crippen molar-refractivity contribution in [2.75, 3.05) is 16.0 Å². The second-order valence-corrected chi connectivity index (χ2v) is 4.67. The molecule has 23 heavy (non-hydrogen) atoms. The summed E-state index contributed by atoms with van der Waals surface area (Å²) in [5.41, 5.74) is 1.29. The van der Waals surface area contributed by atoms with E-state index in [4.69, 9.17) is 0 Å². The maximum absolute atomic E-state index is 12.8. The molecule has 0 aliphatic heterocycles. The van der Waals surface area contributed by atoms with E-state index in [2.05, 4.69) is 16.0 Å². The summed E-state index contributed by atoms with van der Waals surface area (Å²) < 4.78 is 12.8. The van der Waals surface area contributed by atoms with Crippen LogP contribution in [0.5, 0.6) is 0 Å². The summed E-state index contributed by atoms with van der Waals surface area (Å²) >= 11 is 0. The van der Waals surface area contributed by atoms with Crippen molar-refractivity contribution in [3.8, 4) is 0 Å². The van der Waals surface area contributed by atoms with Crippen molar-refractivity contribution in [3.05, 3.63) is 54.3 Å². The van der Waals surface area contributed by atoms with E-state index in [9.17, 15) is 18.8 Å². The lowest BCUT2D eigenvalue weighted by atomic mass is 10.2. The Morgan fingerprint density at radius 3 is 1.43 bits per heavy atom. The summed E-state index contributed by atoms with van der Waals surface area (Å²) in [6.45, 7) is 1.38. The lowest BCUT2D eigenvalue weighted by Gasteiger charge is -2.07. The lowest BCUT2D eigenvalue weighted by Crippen LogP contribution is -2.29. The van der Waals surface area contributed by atoms with Gasteiger partial charge in [-0.25, -0.2) is 4.39 Å². The summed E-state index contributed by atoms with van der Waals surface area (Å²) in [5.74, 6) is -2.38. The molecule has 0 saturated carbocycles. The first kappa shape index (κ1) is 16.2. The fourth-order valence-corrected chi connectivity index (χ4v) is 1.75. The smallest absolute Gasteiger partial charge is 0.314 e. The second-order valence-electron chi connectivity index (χ2n) is 4.67. The Morgan fingerprint density at radius 1 is 0.696 bits per heavy atom. The van der Waals surface area contributed by atoms with Crippen LogP contribution in [0.3, 0.4) is 0 Å². The molecule has 0 bridgehead atoms. The van der Waals surface area contributed by atoms with Crippen LogP contribution < -0.4 is 16.0 Å². The third-order valence-electron chi connectivity index (χ3n) is 2.77. The quantitative estimate of drug-likeness (QED) is 0.760. The Hall–Kier alpha value is -3.22. The van der Waals surface area contributed by atoms with E-state index in [0.29, 0.717) is 17.1 Å². The molecular formula is C16H14FN3O3. The van der Waals surface area contributed by atoms with E-state index < -0.39 is 17.6 Å². The maximum atomic E-state index is 12.8. The summed E-state index contributed by atoms with van der Waals surface area (Å²) in [7, 11) is 0. The molecule has 0 aromatic heterocycles. The number of carbonyl (C=O) groups is 3. The fraction of sp³-hybridized carbons (Fsp3) is 0.0625. The Labute approximate surface area is 131 Å². The van der Waals surface area contributed by atoms with Crippen LogP contribution in [0.1, 0.15) is 6.92 Å². The van der Waals surface area contributed by atoms with Gasteiger partial charge in [-0.2, -0.15) is 0 Å². The highest BCUT2D eigenvalue weighted by Gasteiger charge is 2.14. The minimum absolute atomic E-state index is 0.208. The molecule has 3 amide bonds. The molecule has 3 N–H and O–H groups in total. The molecule has 7 heteroatoms. The van der Waals surface area contributed by atoms with Gasteiger partial charge in [0, 0.05) is 24.0 Å². The van der Waals surface area contributed by atoms with Gasteiger partial charge in [0.2, 0.25) is 5.91 Å². The first-order chi connectivity index (χ1) is 10.9. The SMILES string of the molecule is CC(=O)Nc1ccc(NC(=O)C(=O)Nc2ccc(F)cc2)cc1. The molecule has 118 valence electrons. The van der Waals surface area contributed by atoms with E-state index in [1.165, 1.54) is 31.2 Å². The molecule has 6 nitrogen and oxygen atoms in total. The van der Waals surface area contributed by atoms with E-state index in [1.54, 1.807) is 24.3 Å². The second kappa shape index (κ2) is 7.17. The van der Waals surface area contributed by atoms with Crippen molar-refractivity contribution < 1.29 is 18.8 Å². The lowest BCUT2D eigenvalue weighted by molar-refractivity contribution is -0.132. The predicted octanol–water partition coefficient (Wildman–Crippen LogP) is 2.36. The van der Waals surface area contributed by atoms with Gasteiger partial charge in [-0.1, -0.05) is 0 Å². The van der Waals surface area contributed by atoms with E-state index in [-0.39, 0.29) is 5.91 Å². The summed E-state index contributed by atoms with van der Waals surface area (Å²) in [6.07, 6.45) is 0. The standard InChI is InChI=1S/C16H14FN3O3/c1-10(21)18-12-6-8-14(9-7-12)20-16(23)15(22)19-13-4-2-11(17)3-5-13/h2-9H,1H3,(H,18,21)(H,19,22)(H,20,23). The minimum atomic E-state index is -0.873. The van der Waals surface area contributed by atoms with Gasteiger partial charge in [-0.05, 0) is 48.5 Å². The van der Waals surface area contributed by atoms with Crippen molar-refractivity contribution in [2.45, 2.75) is 6.92 Å². The Bertz CT molecular complexity index is 727. The largest absolute Gasteiger partial charge is 0.326 e. The van der Waals surface area contributed by atoms with Crippen LogP contribution >= 0.6 is 0 Å². The minimum Gasteiger partial charge on any atom is -0.326 e. The van der Waals surface area contributed by atoms with Crippen molar-refractivity contribution in [1.82, 2.24) is 0 Å². The van der Waals surface area contributed by atoms with Crippen molar-refractivity contribution in [3.63, 3.8) is 0 Å². The number of hydrogen-bond donors (Lipinski definition) is 3. The van der Waals surface area contributed by atoms with Gasteiger partial charge in [-0.15, -0.1) is 0 Å². The van der Waals surface area contributed by atoms with Crippen molar-refractivity contribution >= 4 is 34.8 Å². The van der Waals surface area contributed by atoms with Crippen LogP contribution in [-0.2, 0) is 14.4 Å². The molecule has 0 saturated heterocycles. The van der Waals surface area contributed by atoms with E-state index in [1.807, 2.05) is 0 Å². The molecule has 0 unspecified atom stereocenters. The molecule has 2 aromatic rings. The van der Waals surface area contributed by atoms with Crippen LogP contribution in [0.2, 0.25) is 0 Å². The highest BCUT2D eigenvalue weighted by Crippen LogP contribution is 2.14. The molecule has 0 fully saturated rings. The number of halogens is 1. The zero-order chi connectivity index (χ0) is 16.8. The van der Waals surface area contributed by atoms with Crippen LogP contribution in [0, 0.1) is 5.82 Å². The number of anilines is 3. The van der Waals surface area contributed by atoms with E-state index >= 15 is 0 Å². The Kier molecular flexibility index (Phi) is 5.03. The Morgan fingerprint density at radius 2 is 1.04 bits per heavy atom. The van der Waals surface area contributed by atoms with E-state index in [0.717, 1.165) is 0 Å². The fourth-order valence-electron chi connectivity index (χ4n) is 1.75. The number of hydrogen-bond acceptors (Lipinski definition) is 3. The van der Waals surface area contributed by atoms with Gasteiger partial charge in [0.15, 0.2) is 0 Å². The average Bonchev–Trinajstić information content (AvgIpc) is 2.51. The maximum Gasteiger partial charge on any atom is 0.314 e. The third-order valence-corrected chi connectivity index (χ3v) is 2.77. The third kappa shape index (κ3) is 4.92. The molecule has 2 rings (SSSR count). The normalized spacial score (nSPS) is 9.83. The van der Waals surface area contributed by atoms with Crippen LogP contribution in [-0.4, -0.2) is 17.7 Å². The number of carbonyl (C=O) groups excluding carboxylic acids is 3. The van der Waals surface area contributed by atoms with Crippen LogP contribution in [0.4, 0.5) is 21.5 Å². The molecule has 0 heterocycles. The molecule has 2 aromatic carbocycles. The van der Waals surface area contributed by atoms with Crippen molar-refractivity contribution in [2.24, 2.45) is 0 Å². The summed E-state index contributed by atoms with van der Waals surface area (Å²) in [4.78, 5) is 34.4. The molecular weight excluding hydrogens is 301 g/mol. The topological polar surface area (TPSA) is 87.3 Å². The molecule has 0 aliphatic carbocycles. The van der Waals surface area contributed by atoms with Gasteiger partial charge in [0.05, 0.1) is 0 Å². The van der Waals surface area contributed by atoms with Gasteiger partial charge in [0.1, 0.15) is 5.82 Å². The van der Waals surface area contributed by atoms with Gasteiger partial charge < -0.3 is 16.0 Å². The first-order valence-electron chi connectivity index (χ1n) is 6.69. The Balaban J connectivity index is 1.94. The number of rotatable bonds is 3. The predicted molar refractivity (Wildman–Crippen MR) is 84.4 cm³/mol. The number of nitrogens with one attached hydrogen (secondary N) is 3. The molecule has 0 atom stereocenters. The average molecular weight is 315 g/mol. The molecule has 0 aliphatic rings. The molecule has 0 spiro atoms. The zero-order valence-corrected chi connectivity index (χ0v) is 12.2. The monoisotopic (exact) mass is 315 g/mol. The van der Waals surface area contributed by atoms with Crippen LogP contribution in [0.15, 0.2) is 48.5 Å². The van der Waals surface area contributed by atoms with Gasteiger partial charge >= 0.3 is 11.8 Å². The highest BCUT2D eigenvalue weighted by atomic mass is 19.1. The molecule has 0 radical (unpaired) electrons. The number of amides is 3. The first-order valence-corrected chi connectivity index (χ1v) is 6.69.